The van der Waals surface area contributed by atoms with Gasteiger partial charge in [-0.1, -0.05) is 78.9 Å². The first-order valence-corrected chi connectivity index (χ1v) is 8.81. The molecule has 1 atom stereocenters. The largest absolute Gasteiger partial charge is 0.393 e. The Morgan fingerprint density at radius 1 is 0.720 bits per heavy atom. The molecule has 3 rings (SSSR count). The van der Waals surface area contributed by atoms with Crippen LogP contribution in [0.15, 0.2) is 84.9 Å². The topological polar surface area (TPSA) is 23.5 Å². The Morgan fingerprint density at radius 3 is 1.72 bits per heavy atom. The molecule has 2 heteroatoms. The highest BCUT2D eigenvalue weighted by molar-refractivity contribution is 5.54. The predicted molar refractivity (Wildman–Crippen MR) is 105 cm³/mol. The molecule has 0 aliphatic heterocycles. The molecular weight excluding hydrogens is 306 g/mol. The Labute approximate surface area is 150 Å². The molecule has 0 bridgehead atoms. The van der Waals surface area contributed by atoms with E-state index < -0.39 is 0 Å². The molecule has 0 saturated carbocycles. The molecule has 0 aliphatic carbocycles. The van der Waals surface area contributed by atoms with Crippen LogP contribution in [0.25, 0.3) is 0 Å². The molecule has 0 saturated heterocycles. The van der Waals surface area contributed by atoms with E-state index in [-0.39, 0.29) is 6.10 Å². The standard InChI is InChI=1S/C23H25NO/c1-19(25)16-22-14-8-9-15-23(22)24(17-20-10-4-2-5-11-20)18-21-12-6-3-7-13-21/h2-15,19,25H,16-18H2,1H3. The highest BCUT2D eigenvalue weighted by Crippen LogP contribution is 2.25. The summed E-state index contributed by atoms with van der Waals surface area (Å²) in [7, 11) is 0. The van der Waals surface area contributed by atoms with E-state index in [1.54, 1.807) is 0 Å². The quantitative estimate of drug-likeness (QED) is 0.671. The van der Waals surface area contributed by atoms with Crippen molar-refractivity contribution in [3.8, 4) is 0 Å². The third-order valence-electron chi connectivity index (χ3n) is 4.28. The van der Waals surface area contributed by atoms with Crippen LogP contribution < -0.4 is 4.90 Å². The molecule has 0 fully saturated rings. The van der Waals surface area contributed by atoms with Crippen molar-refractivity contribution >= 4 is 5.69 Å². The van der Waals surface area contributed by atoms with Gasteiger partial charge in [-0.05, 0) is 29.7 Å². The number of hydrogen-bond donors (Lipinski definition) is 1. The molecule has 0 heterocycles. The lowest BCUT2D eigenvalue weighted by Crippen LogP contribution is -2.24. The number of hydrogen-bond acceptors (Lipinski definition) is 2. The van der Waals surface area contributed by atoms with Crippen LogP contribution in [0.3, 0.4) is 0 Å². The Bertz CT molecular complexity index is 727. The van der Waals surface area contributed by atoms with Crippen LogP contribution in [0.5, 0.6) is 0 Å². The molecule has 25 heavy (non-hydrogen) atoms. The average molecular weight is 331 g/mol. The normalized spacial score (nSPS) is 11.9. The van der Waals surface area contributed by atoms with E-state index in [9.17, 15) is 5.11 Å². The van der Waals surface area contributed by atoms with E-state index in [0.717, 1.165) is 13.1 Å². The number of nitrogens with zero attached hydrogens (tertiary/aromatic N) is 1. The first-order chi connectivity index (χ1) is 12.2. The fourth-order valence-corrected chi connectivity index (χ4v) is 3.14. The highest BCUT2D eigenvalue weighted by atomic mass is 16.3. The summed E-state index contributed by atoms with van der Waals surface area (Å²) in [5.41, 5.74) is 4.94. The summed E-state index contributed by atoms with van der Waals surface area (Å²) in [6, 6.07) is 29.5. The van der Waals surface area contributed by atoms with Gasteiger partial charge in [0.25, 0.3) is 0 Å². The number of aliphatic hydroxyl groups excluding tert-OH is 1. The molecule has 3 aromatic rings. The van der Waals surface area contributed by atoms with Gasteiger partial charge in [0, 0.05) is 25.2 Å². The maximum absolute atomic E-state index is 9.87. The molecule has 0 aromatic heterocycles. The van der Waals surface area contributed by atoms with Crippen molar-refractivity contribution < 1.29 is 5.11 Å². The first-order valence-electron chi connectivity index (χ1n) is 8.81. The fraction of sp³-hybridized carbons (Fsp3) is 0.217. The number of aliphatic hydroxyl groups is 1. The summed E-state index contributed by atoms with van der Waals surface area (Å²) in [5.74, 6) is 0. The van der Waals surface area contributed by atoms with Crippen molar-refractivity contribution in [2.24, 2.45) is 0 Å². The smallest absolute Gasteiger partial charge is 0.0553 e. The van der Waals surface area contributed by atoms with Crippen LogP contribution in [-0.4, -0.2) is 11.2 Å². The number of rotatable bonds is 7. The minimum absolute atomic E-state index is 0.351. The maximum Gasteiger partial charge on any atom is 0.0553 e. The van der Waals surface area contributed by atoms with E-state index in [2.05, 4.69) is 71.6 Å². The van der Waals surface area contributed by atoms with E-state index >= 15 is 0 Å². The molecule has 0 spiro atoms. The minimum Gasteiger partial charge on any atom is -0.393 e. The Morgan fingerprint density at radius 2 is 1.20 bits per heavy atom. The lowest BCUT2D eigenvalue weighted by Gasteiger charge is -2.28. The molecule has 1 N–H and O–H groups in total. The summed E-state index contributed by atoms with van der Waals surface area (Å²) in [4.78, 5) is 2.39. The lowest BCUT2D eigenvalue weighted by atomic mass is 10.0. The number of anilines is 1. The van der Waals surface area contributed by atoms with Crippen molar-refractivity contribution in [1.29, 1.82) is 0 Å². The lowest BCUT2D eigenvalue weighted by molar-refractivity contribution is 0.195. The van der Waals surface area contributed by atoms with E-state index in [1.807, 2.05) is 25.1 Å². The monoisotopic (exact) mass is 331 g/mol. The Kier molecular flexibility index (Phi) is 5.86. The van der Waals surface area contributed by atoms with Crippen LogP contribution in [0.1, 0.15) is 23.6 Å². The Hall–Kier alpha value is -2.58. The van der Waals surface area contributed by atoms with Gasteiger partial charge < -0.3 is 10.0 Å². The zero-order valence-corrected chi connectivity index (χ0v) is 14.7. The predicted octanol–water partition coefficient (Wildman–Crippen LogP) is 4.82. The second-order valence-electron chi connectivity index (χ2n) is 6.51. The molecule has 0 amide bonds. The minimum atomic E-state index is -0.351. The third-order valence-corrected chi connectivity index (χ3v) is 4.28. The third kappa shape index (κ3) is 4.94. The van der Waals surface area contributed by atoms with Gasteiger partial charge in [-0.2, -0.15) is 0 Å². The van der Waals surface area contributed by atoms with Crippen molar-refractivity contribution in [2.75, 3.05) is 4.90 Å². The number of para-hydroxylation sites is 1. The zero-order valence-electron chi connectivity index (χ0n) is 14.7. The van der Waals surface area contributed by atoms with Crippen LogP contribution in [-0.2, 0) is 19.5 Å². The summed E-state index contributed by atoms with van der Waals surface area (Å²) in [6.07, 6.45) is 0.312. The maximum atomic E-state index is 9.87. The zero-order chi connectivity index (χ0) is 17.5. The fourth-order valence-electron chi connectivity index (χ4n) is 3.14. The van der Waals surface area contributed by atoms with Crippen LogP contribution >= 0.6 is 0 Å². The van der Waals surface area contributed by atoms with Gasteiger partial charge in [-0.25, -0.2) is 0 Å². The van der Waals surface area contributed by atoms with Crippen molar-refractivity contribution in [3.05, 3.63) is 102 Å². The van der Waals surface area contributed by atoms with E-state index in [1.165, 1.54) is 22.4 Å². The summed E-state index contributed by atoms with van der Waals surface area (Å²) >= 11 is 0. The first kappa shape index (κ1) is 17.2. The summed E-state index contributed by atoms with van der Waals surface area (Å²) < 4.78 is 0. The van der Waals surface area contributed by atoms with Gasteiger partial charge in [0.15, 0.2) is 0 Å². The SMILES string of the molecule is CC(O)Cc1ccccc1N(Cc1ccccc1)Cc1ccccc1. The van der Waals surface area contributed by atoms with Crippen LogP contribution in [0, 0.1) is 0 Å². The van der Waals surface area contributed by atoms with Crippen molar-refractivity contribution in [2.45, 2.75) is 32.5 Å². The van der Waals surface area contributed by atoms with E-state index in [0.29, 0.717) is 6.42 Å². The molecule has 128 valence electrons. The second-order valence-corrected chi connectivity index (χ2v) is 6.51. The van der Waals surface area contributed by atoms with Gasteiger partial charge in [-0.3, -0.25) is 0 Å². The number of benzene rings is 3. The average Bonchev–Trinajstić information content (AvgIpc) is 2.63. The molecule has 0 radical (unpaired) electrons. The molecular formula is C23H25NO. The second kappa shape index (κ2) is 8.50. The van der Waals surface area contributed by atoms with Gasteiger partial charge >= 0.3 is 0 Å². The van der Waals surface area contributed by atoms with Gasteiger partial charge in [0.1, 0.15) is 0 Å². The van der Waals surface area contributed by atoms with E-state index in [4.69, 9.17) is 0 Å². The highest BCUT2D eigenvalue weighted by Gasteiger charge is 2.13. The molecule has 1 unspecified atom stereocenters. The van der Waals surface area contributed by atoms with Gasteiger partial charge in [-0.15, -0.1) is 0 Å². The van der Waals surface area contributed by atoms with Crippen molar-refractivity contribution in [1.82, 2.24) is 0 Å². The van der Waals surface area contributed by atoms with Gasteiger partial charge in [0.05, 0.1) is 6.10 Å². The Balaban J connectivity index is 1.93. The van der Waals surface area contributed by atoms with Crippen LogP contribution in [0.2, 0.25) is 0 Å². The van der Waals surface area contributed by atoms with Crippen molar-refractivity contribution in [3.63, 3.8) is 0 Å². The molecule has 2 nitrogen and oxygen atoms in total. The molecule has 0 aliphatic rings. The summed E-state index contributed by atoms with van der Waals surface area (Å²) in [5, 5.41) is 9.87. The van der Waals surface area contributed by atoms with Crippen LogP contribution in [0.4, 0.5) is 5.69 Å². The van der Waals surface area contributed by atoms with Gasteiger partial charge in [0.2, 0.25) is 0 Å². The summed E-state index contributed by atoms with van der Waals surface area (Å²) in [6.45, 7) is 3.52. The molecule has 3 aromatic carbocycles.